The summed E-state index contributed by atoms with van der Waals surface area (Å²) < 4.78 is 5.62. The van der Waals surface area contributed by atoms with Crippen LogP contribution in [0.4, 0.5) is 0 Å². The van der Waals surface area contributed by atoms with Gasteiger partial charge < -0.3 is 9.84 Å². The average molecular weight is 312 g/mol. The Morgan fingerprint density at radius 2 is 1.52 bits per heavy atom. The standard InChI is InChI=1S/C19H20O4/c1-13(2)12-17(14-8-4-3-5-9-14)23-19(22)16-11-7-6-10-15(16)18(20)21/h3-11,13,17H,12H2,1-2H3,(H,20,21). The third kappa shape index (κ3) is 4.42. The van der Waals surface area contributed by atoms with Gasteiger partial charge in [-0.15, -0.1) is 0 Å². The molecule has 1 unspecified atom stereocenters. The summed E-state index contributed by atoms with van der Waals surface area (Å²) in [6, 6.07) is 15.6. The zero-order valence-electron chi connectivity index (χ0n) is 13.2. The van der Waals surface area contributed by atoms with Crippen LogP contribution in [0.5, 0.6) is 0 Å². The minimum atomic E-state index is -1.14. The Kier molecular flexibility index (Phi) is 5.52. The van der Waals surface area contributed by atoms with Crippen molar-refractivity contribution >= 4 is 11.9 Å². The van der Waals surface area contributed by atoms with E-state index in [-0.39, 0.29) is 11.1 Å². The molecular weight excluding hydrogens is 292 g/mol. The van der Waals surface area contributed by atoms with Crippen molar-refractivity contribution in [3.05, 3.63) is 71.3 Å². The highest BCUT2D eigenvalue weighted by atomic mass is 16.5. The van der Waals surface area contributed by atoms with Crippen LogP contribution >= 0.6 is 0 Å². The van der Waals surface area contributed by atoms with Gasteiger partial charge in [-0.25, -0.2) is 9.59 Å². The smallest absolute Gasteiger partial charge is 0.339 e. The summed E-state index contributed by atoms with van der Waals surface area (Å²) in [4.78, 5) is 23.7. The average Bonchev–Trinajstić information content (AvgIpc) is 2.54. The Hall–Kier alpha value is -2.62. The summed E-state index contributed by atoms with van der Waals surface area (Å²) in [6.07, 6.45) is 0.274. The van der Waals surface area contributed by atoms with Crippen LogP contribution in [0, 0.1) is 5.92 Å². The van der Waals surface area contributed by atoms with Crippen LogP contribution in [0.15, 0.2) is 54.6 Å². The van der Waals surface area contributed by atoms with E-state index in [0.717, 1.165) is 5.56 Å². The van der Waals surface area contributed by atoms with Crippen molar-refractivity contribution in [1.29, 1.82) is 0 Å². The highest BCUT2D eigenvalue weighted by molar-refractivity contribution is 6.02. The molecule has 0 amide bonds. The third-order valence-corrected chi connectivity index (χ3v) is 3.48. The first kappa shape index (κ1) is 16.7. The number of aromatic carboxylic acids is 1. The fourth-order valence-electron chi connectivity index (χ4n) is 2.39. The van der Waals surface area contributed by atoms with Gasteiger partial charge in [0.05, 0.1) is 11.1 Å². The van der Waals surface area contributed by atoms with Gasteiger partial charge in [0.1, 0.15) is 6.10 Å². The Labute approximate surface area is 135 Å². The molecule has 0 aliphatic rings. The molecule has 0 radical (unpaired) electrons. The molecule has 1 N–H and O–H groups in total. The maximum absolute atomic E-state index is 12.4. The first-order valence-electron chi connectivity index (χ1n) is 7.57. The zero-order chi connectivity index (χ0) is 16.8. The Bertz CT molecular complexity index is 677. The number of ether oxygens (including phenoxy) is 1. The summed E-state index contributed by atoms with van der Waals surface area (Å²) in [5.41, 5.74) is 0.931. The molecule has 0 aliphatic heterocycles. The molecule has 23 heavy (non-hydrogen) atoms. The summed E-state index contributed by atoms with van der Waals surface area (Å²) in [7, 11) is 0. The van der Waals surface area contributed by atoms with Crippen molar-refractivity contribution in [2.75, 3.05) is 0 Å². The van der Waals surface area contributed by atoms with Gasteiger partial charge in [0, 0.05) is 0 Å². The van der Waals surface area contributed by atoms with Crippen LogP contribution < -0.4 is 0 Å². The zero-order valence-corrected chi connectivity index (χ0v) is 13.2. The monoisotopic (exact) mass is 312 g/mol. The highest BCUT2D eigenvalue weighted by Gasteiger charge is 2.22. The van der Waals surface area contributed by atoms with Crippen molar-refractivity contribution in [2.45, 2.75) is 26.4 Å². The predicted octanol–water partition coefficient (Wildman–Crippen LogP) is 4.33. The molecule has 0 heterocycles. The third-order valence-electron chi connectivity index (χ3n) is 3.48. The summed E-state index contributed by atoms with van der Waals surface area (Å²) in [5.74, 6) is -1.42. The van der Waals surface area contributed by atoms with E-state index < -0.39 is 18.0 Å². The van der Waals surface area contributed by atoms with Crippen molar-refractivity contribution in [3.8, 4) is 0 Å². The molecule has 0 fully saturated rings. The summed E-state index contributed by atoms with van der Waals surface area (Å²) in [6.45, 7) is 4.10. The number of benzene rings is 2. The predicted molar refractivity (Wildman–Crippen MR) is 87.5 cm³/mol. The summed E-state index contributed by atoms with van der Waals surface area (Å²) >= 11 is 0. The van der Waals surface area contributed by atoms with E-state index in [0.29, 0.717) is 12.3 Å². The molecule has 0 aliphatic carbocycles. The Morgan fingerprint density at radius 1 is 0.957 bits per heavy atom. The Balaban J connectivity index is 2.26. The molecule has 0 bridgehead atoms. The minimum Gasteiger partial charge on any atom is -0.478 e. The van der Waals surface area contributed by atoms with Crippen LogP contribution in [0.2, 0.25) is 0 Å². The van der Waals surface area contributed by atoms with Crippen LogP contribution in [-0.4, -0.2) is 17.0 Å². The fraction of sp³-hybridized carbons (Fsp3) is 0.263. The first-order chi connectivity index (χ1) is 11.0. The molecular formula is C19H20O4. The van der Waals surface area contributed by atoms with E-state index in [1.807, 2.05) is 30.3 Å². The molecule has 0 saturated carbocycles. The minimum absolute atomic E-state index is 0.0474. The molecule has 120 valence electrons. The molecule has 2 aromatic rings. The van der Waals surface area contributed by atoms with Gasteiger partial charge in [0.2, 0.25) is 0 Å². The molecule has 2 aromatic carbocycles. The van der Waals surface area contributed by atoms with Crippen molar-refractivity contribution < 1.29 is 19.4 Å². The van der Waals surface area contributed by atoms with Gasteiger partial charge in [-0.3, -0.25) is 0 Å². The second-order valence-electron chi connectivity index (χ2n) is 5.78. The number of rotatable bonds is 6. The lowest BCUT2D eigenvalue weighted by Gasteiger charge is -2.20. The van der Waals surface area contributed by atoms with Gasteiger partial charge in [-0.1, -0.05) is 56.3 Å². The lowest BCUT2D eigenvalue weighted by Crippen LogP contribution is -2.16. The number of carbonyl (C=O) groups is 2. The largest absolute Gasteiger partial charge is 0.478 e. The van der Waals surface area contributed by atoms with Crippen LogP contribution in [0.3, 0.4) is 0 Å². The van der Waals surface area contributed by atoms with Crippen molar-refractivity contribution in [3.63, 3.8) is 0 Å². The highest BCUT2D eigenvalue weighted by Crippen LogP contribution is 2.26. The van der Waals surface area contributed by atoms with E-state index >= 15 is 0 Å². The van der Waals surface area contributed by atoms with Crippen LogP contribution in [0.25, 0.3) is 0 Å². The number of esters is 1. The number of hydrogen-bond donors (Lipinski definition) is 1. The molecule has 4 nitrogen and oxygen atoms in total. The quantitative estimate of drug-likeness (QED) is 0.806. The second-order valence-corrected chi connectivity index (χ2v) is 5.78. The van der Waals surface area contributed by atoms with E-state index in [2.05, 4.69) is 13.8 Å². The lowest BCUT2D eigenvalue weighted by molar-refractivity contribution is 0.0243. The van der Waals surface area contributed by atoms with E-state index in [4.69, 9.17) is 4.74 Å². The van der Waals surface area contributed by atoms with Crippen LogP contribution in [0.1, 0.15) is 52.7 Å². The number of carboxylic acid groups (broad SMARTS) is 1. The summed E-state index contributed by atoms with van der Waals surface area (Å²) in [5, 5.41) is 9.20. The Morgan fingerprint density at radius 3 is 2.09 bits per heavy atom. The van der Waals surface area contributed by atoms with E-state index in [9.17, 15) is 14.7 Å². The SMILES string of the molecule is CC(C)CC(OC(=O)c1ccccc1C(=O)O)c1ccccc1. The number of hydrogen-bond acceptors (Lipinski definition) is 3. The van der Waals surface area contributed by atoms with Crippen molar-refractivity contribution in [2.24, 2.45) is 5.92 Å². The van der Waals surface area contributed by atoms with Gasteiger partial charge in [0.15, 0.2) is 0 Å². The molecule has 0 spiro atoms. The van der Waals surface area contributed by atoms with Gasteiger partial charge >= 0.3 is 11.9 Å². The maximum Gasteiger partial charge on any atom is 0.339 e. The molecule has 4 heteroatoms. The molecule has 0 saturated heterocycles. The topological polar surface area (TPSA) is 63.6 Å². The van der Waals surface area contributed by atoms with E-state index in [1.54, 1.807) is 12.1 Å². The second kappa shape index (κ2) is 7.58. The molecule has 1 atom stereocenters. The normalized spacial score (nSPS) is 12.0. The number of carbonyl (C=O) groups excluding carboxylic acids is 1. The lowest BCUT2D eigenvalue weighted by atomic mass is 9.99. The van der Waals surface area contributed by atoms with Crippen LogP contribution in [-0.2, 0) is 4.74 Å². The number of carboxylic acids is 1. The van der Waals surface area contributed by atoms with Gasteiger partial charge in [0.25, 0.3) is 0 Å². The molecule has 0 aromatic heterocycles. The fourth-order valence-corrected chi connectivity index (χ4v) is 2.39. The van der Waals surface area contributed by atoms with Gasteiger partial charge in [-0.05, 0) is 30.0 Å². The van der Waals surface area contributed by atoms with E-state index in [1.165, 1.54) is 12.1 Å². The maximum atomic E-state index is 12.4. The first-order valence-corrected chi connectivity index (χ1v) is 7.57. The van der Waals surface area contributed by atoms with Crippen molar-refractivity contribution in [1.82, 2.24) is 0 Å². The molecule has 2 rings (SSSR count). The van der Waals surface area contributed by atoms with Gasteiger partial charge in [-0.2, -0.15) is 0 Å².